The molecule has 0 bridgehead atoms. The SMILES string of the molecule is CCOC(=O)C1=C(C)NC(SCc2cccc3ccccc23)=N[C@@H]1c1cccc(Br)c1. The molecule has 0 radical (unpaired) electrons. The number of esters is 1. The van der Waals surface area contributed by atoms with E-state index in [2.05, 4.69) is 63.7 Å². The second-order valence-electron chi connectivity index (χ2n) is 7.20. The van der Waals surface area contributed by atoms with Gasteiger partial charge in [-0.2, -0.15) is 0 Å². The van der Waals surface area contributed by atoms with E-state index in [1.54, 1.807) is 11.8 Å². The predicted molar refractivity (Wildman–Crippen MR) is 132 cm³/mol. The zero-order valence-corrected chi connectivity index (χ0v) is 19.8. The van der Waals surface area contributed by atoms with Crippen molar-refractivity contribution in [3.8, 4) is 0 Å². The Balaban J connectivity index is 1.64. The van der Waals surface area contributed by atoms with Gasteiger partial charge in [0.1, 0.15) is 6.04 Å². The highest BCUT2D eigenvalue weighted by molar-refractivity contribution is 9.10. The van der Waals surface area contributed by atoms with Crippen molar-refractivity contribution in [3.63, 3.8) is 0 Å². The molecule has 0 aromatic heterocycles. The largest absolute Gasteiger partial charge is 0.463 e. The molecule has 4 nitrogen and oxygen atoms in total. The number of rotatable bonds is 5. The number of carbonyl (C=O) groups excluding carboxylic acids is 1. The zero-order valence-electron chi connectivity index (χ0n) is 17.4. The fraction of sp³-hybridized carbons (Fsp3) is 0.200. The first kappa shape index (κ1) is 21.7. The molecule has 31 heavy (non-hydrogen) atoms. The fourth-order valence-corrected chi connectivity index (χ4v) is 5.04. The number of thioether (sulfide) groups is 1. The van der Waals surface area contributed by atoms with Crippen LogP contribution in [0.25, 0.3) is 10.8 Å². The van der Waals surface area contributed by atoms with E-state index >= 15 is 0 Å². The highest BCUT2D eigenvalue weighted by Gasteiger charge is 2.30. The second kappa shape index (κ2) is 9.71. The monoisotopic (exact) mass is 494 g/mol. The van der Waals surface area contributed by atoms with Gasteiger partial charge in [-0.3, -0.25) is 0 Å². The Morgan fingerprint density at radius 1 is 1.13 bits per heavy atom. The minimum Gasteiger partial charge on any atom is -0.463 e. The van der Waals surface area contributed by atoms with Crippen molar-refractivity contribution in [2.24, 2.45) is 4.99 Å². The van der Waals surface area contributed by atoms with Crippen LogP contribution in [0.5, 0.6) is 0 Å². The van der Waals surface area contributed by atoms with Gasteiger partial charge in [0.05, 0.1) is 12.2 Å². The minimum atomic E-state index is -0.409. The topological polar surface area (TPSA) is 50.7 Å². The van der Waals surface area contributed by atoms with Crippen molar-refractivity contribution in [1.82, 2.24) is 5.32 Å². The molecular formula is C25H23BrN2O2S. The third-order valence-electron chi connectivity index (χ3n) is 5.12. The summed E-state index contributed by atoms with van der Waals surface area (Å²) in [6, 6.07) is 22.3. The van der Waals surface area contributed by atoms with Crippen LogP contribution in [0.15, 0.2) is 87.5 Å². The third-order valence-corrected chi connectivity index (χ3v) is 6.55. The van der Waals surface area contributed by atoms with E-state index in [1.165, 1.54) is 16.3 Å². The number of aliphatic imine (C=N–C) groups is 1. The summed E-state index contributed by atoms with van der Waals surface area (Å²) in [4.78, 5) is 17.6. The number of ether oxygens (including phenoxy) is 1. The van der Waals surface area contributed by atoms with Crippen LogP contribution in [-0.4, -0.2) is 17.7 Å². The Hall–Kier alpha value is -2.57. The molecule has 158 valence electrons. The third kappa shape index (κ3) is 4.86. The maximum Gasteiger partial charge on any atom is 0.338 e. The Bertz CT molecular complexity index is 1180. The molecule has 0 saturated carbocycles. The lowest BCUT2D eigenvalue weighted by Gasteiger charge is -2.26. The maximum atomic E-state index is 12.7. The lowest BCUT2D eigenvalue weighted by molar-refractivity contribution is -0.138. The van der Waals surface area contributed by atoms with Gasteiger partial charge in [-0.1, -0.05) is 82.3 Å². The normalized spacial score (nSPS) is 16.1. The lowest BCUT2D eigenvalue weighted by atomic mass is 9.97. The van der Waals surface area contributed by atoms with Crippen LogP contribution in [0.1, 0.15) is 31.0 Å². The van der Waals surface area contributed by atoms with E-state index in [0.29, 0.717) is 12.2 Å². The first-order chi connectivity index (χ1) is 15.1. The molecule has 1 heterocycles. The Morgan fingerprint density at radius 2 is 1.90 bits per heavy atom. The number of nitrogens with zero attached hydrogens (tertiary/aromatic N) is 1. The number of nitrogens with one attached hydrogen (secondary N) is 1. The summed E-state index contributed by atoms with van der Waals surface area (Å²) in [7, 11) is 0. The van der Waals surface area contributed by atoms with Crippen LogP contribution in [0.3, 0.4) is 0 Å². The summed E-state index contributed by atoms with van der Waals surface area (Å²) in [6.07, 6.45) is 0. The molecule has 4 rings (SSSR count). The molecule has 1 aliphatic heterocycles. The van der Waals surface area contributed by atoms with Crippen LogP contribution in [0, 0.1) is 0 Å². The standard InChI is InChI=1S/C25H23BrN2O2S/c1-3-30-24(29)22-16(2)27-25(28-23(22)18-10-7-12-20(26)14-18)31-15-19-11-6-9-17-8-4-5-13-21(17)19/h4-14,23H,3,15H2,1-2H3,(H,27,28)/t23-/m1/s1. The molecule has 0 fully saturated rings. The van der Waals surface area contributed by atoms with Crippen molar-refractivity contribution in [2.45, 2.75) is 25.6 Å². The van der Waals surface area contributed by atoms with Gasteiger partial charge in [-0.15, -0.1) is 0 Å². The molecule has 3 aromatic carbocycles. The van der Waals surface area contributed by atoms with Crippen molar-refractivity contribution in [3.05, 3.63) is 93.6 Å². The molecule has 0 spiro atoms. The number of benzene rings is 3. The van der Waals surface area contributed by atoms with Gasteiger partial charge >= 0.3 is 5.97 Å². The quantitative estimate of drug-likeness (QED) is 0.418. The Morgan fingerprint density at radius 3 is 2.71 bits per heavy atom. The average molecular weight is 495 g/mol. The smallest absolute Gasteiger partial charge is 0.338 e. The average Bonchev–Trinajstić information content (AvgIpc) is 2.77. The van der Waals surface area contributed by atoms with E-state index in [1.807, 2.05) is 38.1 Å². The summed E-state index contributed by atoms with van der Waals surface area (Å²) >= 11 is 5.17. The highest BCUT2D eigenvalue weighted by atomic mass is 79.9. The highest BCUT2D eigenvalue weighted by Crippen LogP contribution is 2.35. The number of carbonyl (C=O) groups is 1. The van der Waals surface area contributed by atoms with E-state index in [4.69, 9.17) is 9.73 Å². The van der Waals surface area contributed by atoms with Crippen LogP contribution >= 0.6 is 27.7 Å². The Labute approximate surface area is 194 Å². The molecule has 3 aromatic rings. The van der Waals surface area contributed by atoms with Crippen molar-refractivity contribution in [2.75, 3.05) is 6.61 Å². The van der Waals surface area contributed by atoms with Gasteiger partial charge in [-0.05, 0) is 47.9 Å². The molecule has 1 atom stereocenters. The summed E-state index contributed by atoms with van der Waals surface area (Å²) in [5.74, 6) is 0.444. The number of hydrogen-bond donors (Lipinski definition) is 1. The van der Waals surface area contributed by atoms with Crippen LogP contribution in [-0.2, 0) is 15.3 Å². The summed E-state index contributed by atoms with van der Waals surface area (Å²) in [5.41, 5.74) is 3.53. The first-order valence-corrected chi connectivity index (χ1v) is 11.9. The Kier molecular flexibility index (Phi) is 6.78. The van der Waals surface area contributed by atoms with Gasteiger partial charge in [0.25, 0.3) is 0 Å². The van der Waals surface area contributed by atoms with E-state index < -0.39 is 6.04 Å². The van der Waals surface area contributed by atoms with Gasteiger partial charge in [-0.25, -0.2) is 9.79 Å². The van der Waals surface area contributed by atoms with Crippen LogP contribution in [0.2, 0.25) is 0 Å². The summed E-state index contributed by atoms with van der Waals surface area (Å²) in [5, 5.41) is 6.59. The molecule has 0 aliphatic carbocycles. The first-order valence-electron chi connectivity index (χ1n) is 10.1. The zero-order chi connectivity index (χ0) is 21.8. The maximum absolute atomic E-state index is 12.7. The number of hydrogen-bond acceptors (Lipinski definition) is 5. The minimum absolute atomic E-state index is 0.327. The number of amidine groups is 1. The van der Waals surface area contributed by atoms with Gasteiger partial charge in [0.2, 0.25) is 0 Å². The van der Waals surface area contributed by atoms with Crippen LogP contribution < -0.4 is 5.32 Å². The van der Waals surface area contributed by atoms with E-state index in [-0.39, 0.29) is 5.97 Å². The number of allylic oxidation sites excluding steroid dienone is 1. The molecule has 0 saturated heterocycles. The molecule has 1 aliphatic rings. The molecular weight excluding hydrogens is 472 g/mol. The lowest BCUT2D eigenvalue weighted by Crippen LogP contribution is -2.30. The van der Waals surface area contributed by atoms with Crippen molar-refractivity contribution in [1.29, 1.82) is 0 Å². The van der Waals surface area contributed by atoms with Gasteiger partial charge in [0.15, 0.2) is 5.17 Å². The molecule has 0 amide bonds. The van der Waals surface area contributed by atoms with Crippen molar-refractivity contribution < 1.29 is 9.53 Å². The van der Waals surface area contributed by atoms with Gasteiger partial charge < -0.3 is 10.1 Å². The van der Waals surface area contributed by atoms with Crippen molar-refractivity contribution >= 4 is 49.6 Å². The summed E-state index contributed by atoms with van der Waals surface area (Å²) < 4.78 is 6.27. The molecule has 1 N–H and O–H groups in total. The fourth-order valence-electron chi connectivity index (χ4n) is 3.68. The second-order valence-corrected chi connectivity index (χ2v) is 9.08. The summed E-state index contributed by atoms with van der Waals surface area (Å²) in [6.45, 7) is 4.05. The van der Waals surface area contributed by atoms with Crippen LogP contribution in [0.4, 0.5) is 0 Å². The predicted octanol–water partition coefficient (Wildman–Crippen LogP) is 6.37. The molecule has 6 heteroatoms. The van der Waals surface area contributed by atoms with Gasteiger partial charge in [0, 0.05) is 15.9 Å². The van der Waals surface area contributed by atoms with E-state index in [9.17, 15) is 4.79 Å². The number of halogens is 1. The van der Waals surface area contributed by atoms with E-state index in [0.717, 1.165) is 26.7 Å². The number of fused-ring (bicyclic) bond motifs is 1. The molecule has 0 unspecified atom stereocenters.